The van der Waals surface area contributed by atoms with Gasteiger partial charge in [-0.3, -0.25) is 9.59 Å². The van der Waals surface area contributed by atoms with Gasteiger partial charge in [0.1, 0.15) is 18.0 Å². The van der Waals surface area contributed by atoms with E-state index in [0.29, 0.717) is 0 Å². The van der Waals surface area contributed by atoms with Gasteiger partial charge in [0.05, 0.1) is 17.8 Å². The minimum Gasteiger partial charge on any atom is -0.466 e. The Morgan fingerprint density at radius 1 is 1.43 bits per heavy atom. The van der Waals surface area contributed by atoms with Gasteiger partial charge in [0.25, 0.3) is 0 Å². The lowest BCUT2D eigenvalue weighted by atomic mass is 9.73. The molecular formula is C11H11Cl2F3O4S. The summed E-state index contributed by atoms with van der Waals surface area (Å²) in [6.45, 7) is 0.0786. The number of hydrogen-bond donors (Lipinski definition) is 0. The van der Waals surface area contributed by atoms with Crippen LogP contribution >= 0.6 is 35.0 Å². The second-order valence-electron chi connectivity index (χ2n) is 4.64. The summed E-state index contributed by atoms with van der Waals surface area (Å²) in [5, 5.41) is -0.680. The molecule has 0 amide bonds. The number of carbonyl (C=O) groups is 2. The standard InChI is InChI=1S/C11H11Cl2F3O4S/c1-2-19-8(18)5-4-6(17)11(12,13)7(4)21-9(5)20-3-10(14,15)16/h4-5,7,9H,2-3H2,1H3/t4-,5-,7-,9+/m0/s1. The lowest BCUT2D eigenvalue weighted by Gasteiger charge is -2.41. The molecule has 10 heteroatoms. The first-order valence-electron chi connectivity index (χ1n) is 6.02. The quantitative estimate of drug-likeness (QED) is 0.565. The van der Waals surface area contributed by atoms with Crippen molar-refractivity contribution in [2.45, 2.75) is 28.1 Å². The number of rotatable bonds is 4. The Kier molecular flexibility index (Phi) is 4.74. The van der Waals surface area contributed by atoms with Gasteiger partial charge in [0, 0.05) is 0 Å². The Morgan fingerprint density at radius 3 is 2.57 bits per heavy atom. The van der Waals surface area contributed by atoms with E-state index in [4.69, 9.17) is 32.7 Å². The zero-order chi connectivity index (χ0) is 16.0. The maximum Gasteiger partial charge on any atom is 0.411 e. The Labute approximate surface area is 132 Å². The summed E-state index contributed by atoms with van der Waals surface area (Å²) in [6.07, 6.45) is -4.54. The summed E-state index contributed by atoms with van der Waals surface area (Å²) in [5.41, 5.74) is -1.16. The van der Waals surface area contributed by atoms with Crippen molar-refractivity contribution < 1.29 is 32.2 Å². The fraction of sp³-hybridized carbons (Fsp3) is 0.818. The van der Waals surface area contributed by atoms with Crippen molar-refractivity contribution in [2.75, 3.05) is 13.2 Å². The Morgan fingerprint density at radius 2 is 2.05 bits per heavy atom. The number of alkyl halides is 5. The van der Waals surface area contributed by atoms with Gasteiger partial charge in [0.15, 0.2) is 10.1 Å². The summed E-state index contributed by atoms with van der Waals surface area (Å²) in [5.74, 6) is -3.36. The molecule has 2 aliphatic rings. The van der Waals surface area contributed by atoms with E-state index in [1.807, 2.05) is 0 Å². The molecule has 1 saturated heterocycles. The Hall–Kier alpha value is -0.180. The first kappa shape index (κ1) is 17.2. The number of thioether (sulfide) groups is 1. The van der Waals surface area contributed by atoms with Crippen molar-refractivity contribution in [1.29, 1.82) is 0 Å². The molecule has 0 unspecified atom stereocenters. The maximum atomic E-state index is 12.3. The monoisotopic (exact) mass is 366 g/mol. The van der Waals surface area contributed by atoms with Gasteiger partial charge in [-0.15, -0.1) is 11.8 Å². The van der Waals surface area contributed by atoms with Gasteiger partial charge >= 0.3 is 12.1 Å². The molecule has 0 bridgehead atoms. The van der Waals surface area contributed by atoms with Crippen molar-refractivity contribution in [3.8, 4) is 0 Å². The van der Waals surface area contributed by atoms with Crippen LogP contribution in [0.5, 0.6) is 0 Å². The minimum absolute atomic E-state index is 0.0461. The van der Waals surface area contributed by atoms with Gasteiger partial charge in [-0.2, -0.15) is 13.2 Å². The summed E-state index contributed by atoms with van der Waals surface area (Å²) >= 11 is 12.5. The normalized spacial score (nSPS) is 34.3. The SMILES string of the molecule is CCOC(=O)[C@@H]1[C@H]2C(=O)C(Cl)(Cl)[C@H]2S[C@H]1OCC(F)(F)F. The van der Waals surface area contributed by atoms with Gasteiger partial charge in [-0.05, 0) is 6.92 Å². The van der Waals surface area contributed by atoms with Crippen molar-refractivity contribution in [1.82, 2.24) is 0 Å². The molecule has 0 radical (unpaired) electrons. The number of carbonyl (C=O) groups excluding carboxylic acids is 2. The highest BCUT2D eigenvalue weighted by atomic mass is 35.5. The third-order valence-electron chi connectivity index (χ3n) is 3.25. The zero-order valence-electron chi connectivity index (χ0n) is 10.7. The van der Waals surface area contributed by atoms with Crippen LogP contribution in [0.2, 0.25) is 0 Å². The number of halogens is 5. The largest absolute Gasteiger partial charge is 0.466 e. The number of ketones is 1. The molecule has 1 aliphatic heterocycles. The number of ether oxygens (including phenoxy) is 2. The van der Waals surface area contributed by atoms with E-state index >= 15 is 0 Å². The second kappa shape index (κ2) is 5.79. The van der Waals surface area contributed by atoms with Crippen LogP contribution in [-0.2, 0) is 19.1 Å². The Bertz CT molecular complexity index is 457. The van der Waals surface area contributed by atoms with Crippen LogP contribution in [0.15, 0.2) is 0 Å². The lowest BCUT2D eigenvalue weighted by molar-refractivity contribution is -0.186. The molecule has 1 aliphatic carbocycles. The van der Waals surface area contributed by atoms with E-state index in [1.165, 1.54) is 0 Å². The fourth-order valence-corrected chi connectivity index (χ4v) is 4.83. The summed E-state index contributed by atoms with van der Waals surface area (Å²) in [7, 11) is 0. The molecule has 0 aromatic heterocycles. The van der Waals surface area contributed by atoms with Crippen LogP contribution in [0, 0.1) is 11.8 Å². The van der Waals surface area contributed by atoms with Crippen LogP contribution in [0.1, 0.15) is 6.92 Å². The first-order chi connectivity index (χ1) is 9.59. The molecule has 21 heavy (non-hydrogen) atoms. The van der Waals surface area contributed by atoms with E-state index < -0.39 is 51.4 Å². The third kappa shape index (κ3) is 3.13. The molecule has 1 saturated carbocycles. The Balaban J connectivity index is 2.15. The molecule has 0 spiro atoms. The van der Waals surface area contributed by atoms with Crippen LogP contribution in [0.3, 0.4) is 0 Å². The van der Waals surface area contributed by atoms with E-state index in [-0.39, 0.29) is 6.61 Å². The van der Waals surface area contributed by atoms with E-state index in [2.05, 4.69) is 0 Å². The molecule has 0 aromatic carbocycles. The van der Waals surface area contributed by atoms with E-state index in [0.717, 1.165) is 11.8 Å². The molecular weight excluding hydrogens is 356 g/mol. The highest BCUT2D eigenvalue weighted by Crippen LogP contribution is 2.61. The van der Waals surface area contributed by atoms with Crippen molar-refractivity contribution in [2.24, 2.45) is 11.8 Å². The maximum absolute atomic E-state index is 12.3. The first-order valence-corrected chi connectivity index (χ1v) is 7.72. The van der Waals surface area contributed by atoms with Crippen LogP contribution in [0.25, 0.3) is 0 Å². The smallest absolute Gasteiger partial charge is 0.411 e. The summed E-state index contributed by atoms with van der Waals surface area (Å²) < 4.78 is 44.6. The topological polar surface area (TPSA) is 52.6 Å². The number of esters is 1. The average molecular weight is 367 g/mol. The zero-order valence-corrected chi connectivity index (χ0v) is 13.0. The van der Waals surface area contributed by atoms with Gasteiger partial charge < -0.3 is 9.47 Å². The highest BCUT2D eigenvalue weighted by molar-refractivity contribution is 8.01. The summed E-state index contributed by atoms with van der Waals surface area (Å²) in [6, 6.07) is 0. The van der Waals surface area contributed by atoms with Crippen LogP contribution in [-0.4, -0.2) is 46.2 Å². The molecule has 4 nitrogen and oxygen atoms in total. The summed E-state index contributed by atoms with van der Waals surface area (Å²) in [4.78, 5) is 23.8. The molecule has 1 heterocycles. The van der Waals surface area contributed by atoms with Crippen molar-refractivity contribution in [3.63, 3.8) is 0 Å². The molecule has 4 atom stereocenters. The molecule has 2 fully saturated rings. The second-order valence-corrected chi connectivity index (χ2v) is 7.27. The predicted molar refractivity (Wildman–Crippen MR) is 70.2 cm³/mol. The van der Waals surface area contributed by atoms with Crippen LogP contribution < -0.4 is 0 Å². The highest BCUT2D eigenvalue weighted by Gasteiger charge is 2.71. The lowest BCUT2D eigenvalue weighted by Crippen LogP contribution is -2.59. The predicted octanol–water partition coefficient (Wildman–Crippen LogP) is 2.56. The van der Waals surface area contributed by atoms with E-state index in [9.17, 15) is 22.8 Å². The number of hydrogen-bond acceptors (Lipinski definition) is 5. The molecule has 120 valence electrons. The van der Waals surface area contributed by atoms with Gasteiger partial charge in [0.2, 0.25) is 0 Å². The number of fused-ring (bicyclic) bond motifs is 1. The van der Waals surface area contributed by atoms with Crippen molar-refractivity contribution >= 4 is 46.7 Å². The minimum atomic E-state index is -4.54. The van der Waals surface area contributed by atoms with E-state index in [1.54, 1.807) is 6.92 Å². The molecule has 2 rings (SSSR count). The average Bonchev–Trinajstić information content (AvgIpc) is 2.73. The van der Waals surface area contributed by atoms with Crippen molar-refractivity contribution in [3.05, 3.63) is 0 Å². The molecule has 0 aromatic rings. The van der Waals surface area contributed by atoms with Gasteiger partial charge in [-0.25, -0.2) is 0 Å². The van der Waals surface area contributed by atoms with Gasteiger partial charge in [-0.1, -0.05) is 23.2 Å². The fourth-order valence-electron chi connectivity index (χ4n) is 2.36. The third-order valence-corrected chi connectivity index (χ3v) is 5.98. The van der Waals surface area contributed by atoms with Crippen LogP contribution in [0.4, 0.5) is 13.2 Å². The number of Topliss-reactive ketones (excluding diaryl/α,β-unsaturated/α-hetero) is 1. The molecule has 0 N–H and O–H groups in total.